The van der Waals surface area contributed by atoms with Gasteiger partial charge in [0.1, 0.15) is 46.1 Å². The van der Waals surface area contributed by atoms with E-state index in [1.807, 2.05) is 113 Å². The summed E-state index contributed by atoms with van der Waals surface area (Å²) in [7, 11) is 0. The molecule has 706 valence electrons. The second-order valence-corrected chi connectivity index (χ2v) is 45.2. The highest BCUT2D eigenvalue weighted by atomic mass is 35.5. The average molecular weight is 1900 g/mol. The fourth-order valence-corrected chi connectivity index (χ4v) is 26.6. The Morgan fingerprint density at radius 1 is 0.328 bits per heavy atom. The Kier molecular flexibility index (Phi) is 20.3. The monoisotopic (exact) mass is 1900 g/mol. The van der Waals surface area contributed by atoms with Crippen LogP contribution in [-0.4, -0.2) is 316 Å². The lowest BCUT2D eigenvalue weighted by Crippen LogP contribution is -2.65. The van der Waals surface area contributed by atoms with Crippen molar-refractivity contribution in [2.24, 2.45) is 23.7 Å². The van der Waals surface area contributed by atoms with E-state index in [9.17, 15) is 20.1 Å². The standard InChI is InChI=1S/2C25H31ClN6O2.C24H29ClN6O2.C24H27ClN6O2/c2*1-23(15-34-16-24(23,2)33)30-5-3-29(4-6-30)22-8-21-18(7-20(22)26)12-28-32(21)19-13-27-31(14-19)25-9-17(10-25)11-25;2*1-23(15-33-14-22(23)32)29-4-2-28(3-5-29)21-7-20-17(6-19(21)25)11-27-31(20)18-12-26-30(13-18)24-8-16(9-24)10-24/h2*7-8,12-14,17,33H,3-6,9-11,15-16H2,1-2H3;6-7,11-13,16,22,32H,2-5,8-10,14-15H2,1H3;6-7,11-13,16H,2-5,8-10,14-15H2,1H3/t17?,23-,24+,25?;17?,23-,24-,25?;16?,22-,23+,24?;16?,23-,24?/m1101/s1. The lowest BCUT2D eigenvalue weighted by Gasteiger charge is -2.61. The molecule has 20 aliphatic rings. The zero-order valence-electron chi connectivity index (χ0n) is 77.0. The fourth-order valence-electron chi connectivity index (χ4n) is 25.5. The molecule has 12 aromatic rings. The summed E-state index contributed by atoms with van der Waals surface area (Å²) in [4.78, 5) is 31.0. The summed E-state index contributed by atoms with van der Waals surface area (Å²) in [6, 6.07) is 16.7. The number of ether oxygens (including phenoxy) is 4. The minimum atomic E-state index is -0.845. The third-order valence-corrected chi connectivity index (χ3v) is 36.7. The predicted molar refractivity (Wildman–Crippen MR) is 513 cm³/mol. The molecule has 0 spiro atoms. The maximum absolute atomic E-state index is 12.4. The lowest BCUT2D eigenvalue weighted by molar-refractivity contribution is -0.126. The molecule has 12 aliphatic carbocycles. The highest BCUT2D eigenvalue weighted by Gasteiger charge is 2.63. The zero-order valence-corrected chi connectivity index (χ0v) is 80.0. The number of nitrogens with zero attached hydrogens (tertiary/aromatic N) is 24. The largest absolute Gasteiger partial charge is 0.389 e. The Balaban J connectivity index is 0.0000000955. The van der Waals surface area contributed by atoms with Gasteiger partial charge in [-0.25, -0.2) is 18.7 Å². The molecule has 8 saturated heterocycles. The molecule has 4 aromatic carbocycles. The van der Waals surface area contributed by atoms with Gasteiger partial charge in [-0.3, -0.25) is 43.1 Å². The summed E-state index contributed by atoms with van der Waals surface area (Å²) in [5.74, 6) is 3.84. The van der Waals surface area contributed by atoms with Gasteiger partial charge in [0.2, 0.25) is 0 Å². The number of hydrogen-bond acceptors (Lipinski definition) is 24. The number of fused-ring (bicyclic) bond motifs is 4. The molecule has 8 aliphatic heterocycles. The Labute approximate surface area is 797 Å². The number of aromatic nitrogens is 16. The van der Waals surface area contributed by atoms with Crippen molar-refractivity contribution < 1.29 is 39.1 Å². The third-order valence-electron chi connectivity index (χ3n) is 35.5. The molecule has 3 N–H and O–H groups in total. The smallest absolute Gasteiger partial charge is 0.180 e. The van der Waals surface area contributed by atoms with Crippen LogP contribution in [0.3, 0.4) is 0 Å². The molecule has 7 atom stereocenters. The number of piperazine rings is 4. The van der Waals surface area contributed by atoms with Crippen LogP contribution in [0.1, 0.15) is 119 Å². The Hall–Kier alpha value is -8.81. The van der Waals surface area contributed by atoms with E-state index in [2.05, 4.69) is 169 Å². The van der Waals surface area contributed by atoms with E-state index in [0.29, 0.717) is 46.2 Å². The van der Waals surface area contributed by atoms with Crippen LogP contribution in [0.4, 0.5) is 22.7 Å². The van der Waals surface area contributed by atoms with E-state index in [0.717, 1.165) is 238 Å². The number of Topliss-reactive ketones (excluding diaryl/α,β-unsaturated/α-hetero) is 1. The van der Waals surface area contributed by atoms with Gasteiger partial charge in [-0.15, -0.1) is 0 Å². The van der Waals surface area contributed by atoms with Gasteiger partial charge in [-0.05, 0) is 191 Å². The van der Waals surface area contributed by atoms with E-state index in [1.165, 1.54) is 77.0 Å². The Bertz CT molecular complexity index is 6350. The van der Waals surface area contributed by atoms with Crippen LogP contribution in [0.5, 0.6) is 0 Å². The molecule has 12 saturated carbocycles. The molecule has 0 unspecified atom stereocenters. The van der Waals surface area contributed by atoms with Crippen LogP contribution in [-0.2, 0) is 45.9 Å². The van der Waals surface area contributed by atoms with E-state index in [1.54, 1.807) is 0 Å². The molecular formula is C98H118Cl4N24O8. The highest BCUT2D eigenvalue weighted by Crippen LogP contribution is 2.65. The van der Waals surface area contributed by atoms with Crippen molar-refractivity contribution in [2.75, 3.05) is 177 Å². The fraction of sp³-hybridized carbons (Fsp3) is 0.582. The van der Waals surface area contributed by atoms with Gasteiger partial charge < -0.3 is 53.9 Å². The summed E-state index contributed by atoms with van der Waals surface area (Å²) < 4.78 is 38.8. The van der Waals surface area contributed by atoms with Gasteiger partial charge in [0, 0.05) is 126 Å². The number of carbonyl (C=O) groups is 1. The normalized spacial score (nSPS) is 34.2. The van der Waals surface area contributed by atoms with Crippen molar-refractivity contribution in [3.63, 3.8) is 0 Å². The summed E-state index contributed by atoms with van der Waals surface area (Å²) in [6.45, 7) is 29.1. The van der Waals surface area contributed by atoms with Gasteiger partial charge >= 0.3 is 0 Å². The van der Waals surface area contributed by atoms with Crippen LogP contribution >= 0.6 is 46.4 Å². The molecule has 32 nitrogen and oxygen atoms in total. The Morgan fingerprint density at radius 2 is 0.612 bits per heavy atom. The van der Waals surface area contributed by atoms with Gasteiger partial charge in [0.15, 0.2) is 5.78 Å². The molecule has 134 heavy (non-hydrogen) atoms. The van der Waals surface area contributed by atoms with Crippen molar-refractivity contribution in [3.8, 4) is 22.7 Å². The highest BCUT2D eigenvalue weighted by molar-refractivity contribution is 6.35. The van der Waals surface area contributed by atoms with E-state index in [4.69, 9.17) is 65.4 Å². The van der Waals surface area contributed by atoms with Crippen LogP contribution in [0.15, 0.2) is 123 Å². The molecule has 20 fully saturated rings. The second-order valence-electron chi connectivity index (χ2n) is 43.6. The molecule has 36 heteroatoms. The first-order chi connectivity index (χ1) is 64.5. The molecule has 8 bridgehead atoms. The van der Waals surface area contributed by atoms with E-state index < -0.39 is 22.8 Å². The quantitative estimate of drug-likeness (QED) is 0.0810. The topological polar surface area (TPSA) is 283 Å². The molecule has 0 amide bonds. The maximum Gasteiger partial charge on any atom is 0.180 e. The lowest BCUT2D eigenvalue weighted by atomic mass is 9.50. The SMILES string of the molecule is C[C@@]1(N2CCN(c3cc4c(cnn4-c4cnn(C56CC(C5)C6)c4)cc3Cl)CC2)COCC1=O.C[C@@]1(N2CCN(c3cc4c(cnn4-c4cnn(C56CC(C5)C6)c4)cc3Cl)CC2)COC[C@@H]1O.C[C@@]1(N2CCN(c3cc4c(cnn4-c4cnn(C56CC(C5)C6)c4)cc3Cl)CC2)COC[C@@]1(C)O.C[C@]1(O)COC[C@@]1(C)N1CCN(c2cc3c(cnn3-c3cnn(C45CC(C4)C5)c3)cc2Cl)CC1. The minimum Gasteiger partial charge on any atom is -0.389 e. The van der Waals surface area contributed by atoms with Crippen LogP contribution in [0, 0.1) is 23.7 Å². The molecular weight excluding hydrogens is 1780 g/mol. The number of aliphatic hydroxyl groups is 3. The second kappa shape index (κ2) is 31.3. The number of rotatable bonds is 16. The van der Waals surface area contributed by atoms with Crippen molar-refractivity contribution >= 4 is 119 Å². The number of ketones is 1. The van der Waals surface area contributed by atoms with Crippen molar-refractivity contribution in [2.45, 2.75) is 180 Å². The first-order valence-corrected chi connectivity index (χ1v) is 49.9. The summed E-state index contributed by atoms with van der Waals surface area (Å²) >= 11 is 27.0. The first-order valence-electron chi connectivity index (χ1n) is 48.4. The summed E-state index contributed by atoms with van der Waals surface area (Å²) in [5.41, 5.74) is 10.1. The minimum absolute atomic E-state index is 0.179. The predicted octanol–water partition coefficient (Wildman–Crippen LogP) is 11.6. The Morgan fingerprint density at radius 3 is 0.851 bits per heavy atom. The van der Waals surface area contributed by atoms with Gasteiger partial charge in [-0.2, -0.15) is 40.8 Å². The molecule has 32 rings (SSSR count). The van der Waals surface area contributed by atoms with Crippen LogP contribution in [0.25, 0.3) is 66.4 Å². The van der Waals surface area contributed by atoms with Crippen molar-refractivity contribution in [3.05, 3.63) is 143 Å². The van der Waals surface area contributed by atoms with Crippen LogP contribution < -0.4 is 19.6 Å². The van der Waals surface area contributed by atoms with Gasteiger partial charge in [0.25, 0.3) is 0 Å². The van der Waals surface area contributed by atoms with E-state index >= 15 is 0 Å². The van der Waals surface area contributed by atoms with Crippen molar-refractivity contribution in [1.29, 1.82) is 0 Å². The number of anilines is 4. The molecule has 8 aromatic heterocycles. The van der Waals surface area contributed by atoms with Crippen molar-refractivity contribution in [1.82, 2.24) is 97.8 Å². The van der Waals surface area contributed by atoms with Crippen LogP contribution in [0.2, 0.25) is 20.1 Å². The third kappa shape index (κ3) is 13.6. The number of benzene rings is 4. The van der Waals surface area contributed by atoms with E-state index in [-0.39, 0.29) is 51.2 Å². The summed E-state index contributed by atoms with van der Waals surface area (Å²) in [6.07, 6.45) is 38.5. The summed E-state index contributed by atoms with van der Waals surface area (Å²) in [5, 5.41) is 76.6. The molecule has 16 heterocycles. The average Bonchev–Trinajstić information content (AvgIpc) is 1.68. The zero-order chi connectivity index (χ0) is 91.3. The van der Waals surface area contributed by atoms with Gasteiger partial charge in [0.05, 0.1) is 230 Å². The maximum atomic E-state index is 12.4. The van der Waals surface area contributed by atoms with Gasteiger partial charge in [-0.1, -0.05) is 46.4 Å². The number of halogens is 4. The number of hydrogen-bond donors (Lipinski definition) is 3. The first kappa shape index (κ1) is 86.7. The molecule has 0 radical (unpaired) electrons. The number of carbonyl (C=O) groups excluding carboxylic acids is 1. The number of aliphatic hydroxyl groups excluding tert-OH is 1.